The number of thioether (sulfide) groups is 1. The summed E-state index contributed by atoms with van der Waals surface area (Å²) in [5.41, 5.74) is 0.721. The zero-order valence-electron chi connectivity index (χ0n) is 12.3. The molecule has 0 saturated heterocycles. The molecule has 3 rings (SSSR count). The summed E-state index contributed by atoms with van der Waals surface area (Å²) >= 11 is 5.04. The third-order valence-electron chi connectivity index (χ3n) is 3.42. The van der Waals surface area contributed by atoms with Crippen LogP contribution < -0.4 is 0 Å². The molecule has 4 heteroatoms. The van der Waals surface area contributed by atoms with Gasteiger partial charge >= 0.3 is 0 Å². The van der Waals surface area contributed by atoms with Crippen molar-refractivity contribution in [3.63, 3.8) is 0 Å². The maximum absolute atomic E-state index is 12.6. The Morgan fingerprint density at radius 2 is 1.74 bits per heavy atom. The smallest absolute Gasteiger partial charge is 0.164 e. The molecule has 0 amide bonds. The average Bonchev–Trinajstić information content (AvgIpc) is 3.10. The molecule has 0 radical (unpaired) electrons. The highest BCUT2D eigenvalue weighted by atomic mass is 79.9. The van der Waals surface area contributed by atoms with Gasteiger partial charge in [0.2, 0.25) is 0 Å². The van der Waals surface area contributed by atoms with Crippen LogP contribution in [0.1, 0.15) is 27.8 Å². The van der Waals surface area contributed by atoms with Crippen LogP contribution in [0.4, 0.5) is 0 Å². The molecule has 0 fully saturated rings. The second-order valence-corrected chi connectivity index (χ2v) is 7.26. The van der Waals surface area contributed by atoms with Crippen molar-refractivity contribution in [2.45, 2.75) is 16.6 Å². The molecule has 2 nitrogen and oxygen atoms in total. The van der Waals surface area contributed by atoms with Crippen LogP contribution in [0.5, 0.6) is 0 Å². The van der Waals surface area contributed by atoms with E-state index in [9.17, 15) is 4.79 Å². The first kappa shape index (κ1) is 16.1. The number of hydrogen-bond donors (Lipinski definition) is 0. The number of ketones is 1. The number of rotatable bonds is 6. The molecule has 3 aromatic rings. The fourth-order valence-corrected chi connectivity index (χ4v) is 3.65. The van der Waals surface area contributed by atoms with Crippen LogP contribution in [0.3, 0.4) is 0 Å². The monoisotopic (exact) mass is 386 g/mol. The van der Waals surface area contributed by atoms with E-state index < -0.39 is 0 Å². The van der Waals surface area contributed by atoms with Crippen LogP contribution in [0, 0.1) is 0 Å². The molecular weight excluding hydrogens is 372 g/mol. The minimum Gasteiger partial charge on any atom is -0.468 e. The first-order chi connectivity index (χ1) is 11.2. The minimum atomic E-state index is -0.0384. The van der Waals surface area contributed by atoms with Crippen LogP contribution in [0.2, 0.25) is 0 Å². The summed E-state index contributed by atoms with van der Waals surface area (Å²) < 4.78 is 6.51. The number of Topliss-reactive ketones (excluding diaryl/α,β-unsaturated/α-hetero) is 1. The van der Waals surface area contributed by atoms with E-state index in [1.807, 2.05) is 66.7 Å². The molecule has 1 aromatic heterocycles. The Balaban J connectivity index is 1.78. The molecule has 116 valence electrons. The summed E-state index contributed by atoms with van der Waals surface area (Å²) in [4.78, 5) is 13.7. The van der Waals surface area contributed by atoms with Gasteiger partial charge in [-0.2, -0.15) is 0 Å². The van der Waals surface area contributed by atoms with Crippen molar-refractivity contribution in [1.29, 1.82) is 0 Å². The fourth-order valence-electron chi connectivity index (χ4n) is 2.26. The summed E-state index contributed by atoms with van der Waals surface area (Å²) in [6.45, 7) is 0. The standard InChI is InChI=1S/C19H15BrO2S/c20-15-10-8-14(9-11-15)17(21)13-19(18-7-4-12-22-18)23-16-5-2-1-3-6-16/h1-12,19H,13H2. The van der Waals surface area contributed by atoms with Gasteiger partial charge < -0.3 is 4.42 Å². The second kappa shape index (κ2) is 7.66. The van der Waals surface area contributed by atoms with Crippen molar-refractivity contribution >= 4 is 33.5 Å². The summed E-state index contributed by atoms with van der Waals surface area (Å²) in [6.07, 6.45) is 2.05. The molecule has 0 aliphatic carbocycles. The summed E-state index contributed by atoms with van der Waals surface area (Å²) in [6, 6.07) is 21.3. The normalized spacial score (nSPS) is 12.0. The Hall–Kier alpha value is -1.78. The van der Waals surface area contributed by atoms with Crippen LogP contribution in [0.15, 0.2) is 86.8 Å². The van der Waals surface area contributed by atoms with Gasteiger partial charge in [0.1, 0.15) is 5.76 Å². The predicted molar refractivity (Wildman–Crippen MR) is 96.8 cm³/mol. The molecule has 0 N–H and O–H groups in total. The van der Waals surface area contributed by atoms with E-state index in [1.165, 1.54) is 0 Å². The molecule has 2 aromatic carbocycles. The molecule has 0 aliphatic rings. The van der Waals surface area contributed by atoms with E-state index >= 15 is 0 Å². The van der Waals surface area contributed by atoms with Gasteiger partial charge in [-0.05, 0) is 36.4 Å². The highest BCUT2D eigenvalue weighted by molar-refractivity contribution is 9.10. The van der Waals surface area contributed by atoms with E-state index in [1.54, 1.807) is 18.0 Å². The molecule has 1 atom stereocenters. The number of halogens is 1. The van der Waals surface area contributed by atoms with Gasteiger partial charge in [-0.15, -0.1) is 11.8 Å². The minimum absolute atomic E-state index is 0.0384. The van der Waals surface area contributed by atoms with Crippen LogP contribution in [-0.4, -0.2) is 5.78 Å². The molecule has 0 saturated carbocycles. The number of carbonyl (C=O) groups excluding carboxylic acids is 1. The van der Waals surface area contributed by atoms with Crippen molar-refractivity contribution in [2.24, 2.45) is 0 Å². The third-order valence-corrected chi connectivity index (χ3v) is 5.18. The summed E-state index contributed by atoms with van der Waals surface area (Å²) in [5.74, 6) is 0.937. The number of hydrogen-bond acceptors (Lipinski definition) is 3. The number of carbonyl (C=O) groups is 1. The first-order valence-electron chi connectivity index (χ1n) is 7.26. The van der Waals surface area contributed by atoms with Crippen LogP contribution in [-0.2, 0) is 0 Å². The quantitative estimate of drug-likeness (QED) is 0.375. The number of furan rings is 1. The summed E-state index contributed by atoms with van der Waals surface area (Å²) in [5, 5.41) is -0.0384. The molecule has 0 spiro atoms. The lowest BCUT2D eigenvalue weighted by Gasteiger charge is -2.14. The Bertz CT molecular complexity index is 752. The Labute approximate surface area is 148 Å². The van der Waals surface area contributed by atoms with Crippen LogP contribution in [0.25, 0.3) is 0 Å². The Kier molecular flexibility index (Phi) is 5.36. The van der Waals surface area contributed by atoms with Gasteiger partial charge in [0.15, 0.2) is 5.78 Å². The van der Waals surface area contributed by atoms with Crippen molar-refractivity contribution in [3.05, 3.63) is 88.8 Å². The maximum Gasteiger partial charge on any atom is 0.164 e. The van der Waals surface area contributed by atoms with E-state index in [0.29, 0.717) is 6.42 Å². The van der Waals surface area contributed by atoms with Crippen molar-refractivity contribution in [1.82, 2.24) is 0 Å². The zero-order chi connectivity index (χ0) is 16.1. The Morgan fingerprint density at radius 1 is 1.00 bits per heavy atom. The predicted octanol–water partition coefficient (Wildman–Crippen LogP) is 6.15. The molecule has 1 heterocycles. The average molecular weight is 387 g/mol. The third kappa shape index (κ3) is 4.36. The highest BCUT2D eigenvalue weighted by Crippen LogP contribution is 2.38. The van der Waals surface area contributed by atoms with Gasteiger partial charge in [0, 0.05) is 21.4 Å². The first-order valence-corrected chi connectivity index (χ1v) is 8.93. The lowest BCUT2D eigenvalue weighted by Crippen LogP contribution is -2.04. The molecule has 23 heavy (non-hydrogen) atoms. The second-order valence-electron chi connectivity index (χ2n) is 5.07. The zero-order valence-corrected chi connectivity index (χ0v) is 14.7. The van der Waals surface area contributed by atoms with Gasteiger partial charge in [-0.1, -0.05) is 46.3 Å². The lowest BCUT2D eigenvalue weighted by atomic mass is 10.1. The topological polar surface area (TPSA) is 30.2 Å². The van der Waals surface area contributed by atoms with Crippen molar-refractivity contribution < 1.29 is 9.21 Å². The molecule has 0 aliphatic heterocycles. The van der Waals surface area contributed by atoms with Gasteiger partial charge in [-0.25, -0.2) is 0 Å². The maximum atomic E-state index is 12.6. The molecule has 0 bridgehead atoms. The van der Waals surface area contributed by atoms with E-state index in [2.05, 4.69) is 15.9 Å². The fraction of sp³-hybridized carbons (Fsp3) is 0.105. The van der Waals surface area contributed by atoms with Crippen LogP contribution >= 0.6 is 27.7 Å². The molecular formula is C19H15BrO2S. The van der Waals surface area contributed by atoms with E-state index in [0.717, 1.165) is 20.7 Å². The lowest BCUT2D eigenvalue weighted by molar-refractivity contribution is 0.0980. The van der Waals surface area contributed by atoms with E-state index in [-0.39, 0.29) is 11.0 Å². The van der Waals surface area contributed by atoms with E-state index in [4.69, 9.17) is 4.42 Å². The van der Waals surface area contributed by atoms with Gasteiger partial charge in [0.05, 0.1) is 11.5 Å². The van der Waals surface area contributed by atoms with Crippen molar-refractivity contribution in [3.8, 4) is 0 Å². The SMILES string of the molecule is O=C(CC(Sc1ccccc1)c1ccco1)c1ccc(Br)cc1. The molecule has 1 unspecified atom stereocenters. The van der Waals surface area contributed by atoms with Gasteiger partial charge in [-0.3, -0.25) is 4.79 Å². The highest BCUT2D eigenvalue weighted by Gasteiger charge is 2.21. The summed E-state index contributed by atoms with van der Waals surface area (Å²) in [7, 11) is 0. The number of benzene rings is 2. The van der Waals surface area contributed by atoms with Crippen molar-refractivity contribution in [2.75, 3.05) is 0 Å². The Morgan fingerprint density at radius 3 is 2.39 bits per heavy atom. The van der Waals surface area contributed by atoms with Gasteiger partial charge in [0.25, 0.3) is 0 Å². The largest absolute Gasteiger partial charge is 0.468 e.